The number of hydrogen-bond donors (Lipinski definition) is 1. The van der Waals surface area contributed by atoms with Crippen molar-refractivity contribution in [2.75, 3.05) is 0 Å². The van der Waals surface area contributed by atoms with Crippen molar-refractivity contribution < 1.29 is 4.39 Å². The number of halogens is 1. The molecule has 0 saturated carbocycles. The Balaban J connectivity index is 0. The minimum atomic E-state index is -0.843. The maximum atomic E-state index is 11.7. The molecular weight excluding hydrogens is 417 g/mol. The Hall–Kier alpha value is -2.66. The van der Waals surface area contributed by atoms with Gasteiger partial charge in [-0.25, -0.2) is 4.39 Å². The van der Waals surface area contributed by atoms with E-state index in [1.165, 1.54) is 16.7 Å². The molecule has 32 heavy (non-hydrogen) atoms. The Kier molecular flexibility index (Phi) is 17.7. The second-order valence-corrected chi connectivity index (χ2v) is 8.15. The molecule has 1 aromatic heterocycles. The van der Waals surface area contributed by atoms with Crippen LogP contribution < -0.4 is 5.73 Å². The summed E-state index contributed by atoms with van der Waals surface area (Å²) < 4.78 is 11.7. The summed E-state index contributed by atoms with van der Waals surface area (Å²) in [4.78, 5) is 2.41. The van der Waals surface area contributed by atoms with Crippen molar-refractivity contribution in [2.45, 2.75) is 67.6 Å². The van der Waals surface area contributed by atoms with Crippen molar-refractivity contribution in [3.05, 3.63) is 88.5 Å². The van der Waals surface area contributed by atoms with Crippen molar-refractivity contribution in [1.82, 2.24) is 5.01 Å². The van der Waals surface area contributed by atoms with Crippen LogP contribution in [0.5, 0.6) is 0 Å². The standard InChI is InChI=1S/C20H27N3S.C5H9F.C2H6/c1-7-17(9-10-18(21)8-2)16(5)13-23(22-6)14-19-11-12-20(24-19)15(3)4;1-4(2)5(3)6;1-2/h7,9-13H,1,3,6,8,14,21H2,2,4-5H3;5H,1H2,2-3H3;1-2H3/b16-13+,17-9+,18-10+;;. The van der Waals surface area contributed by atoms with Gasteiger partial charge < -0.3 is 5.73 Å². The fraction of sp³-hybridized carbons (Fsp3) is 0.370. The van der Waals surface area contributed by atoms with Crippen LogP contribution in [0.25, 0.3) is 5.57 Å². The third-order valence-electron chi connectivity index (χ3n) is 4.16. The van der Waals surface area contributed by atoms with E-state index < -0.39 is 6.17 Å². The molecule has 0 bridgehead atoms. The summed E-state index contributed by atoms with van der Waals surface area (Å²) in [6.07, 6.45) is 7.66. The normalized spacial score (nSPS) is 12.4. The fourth-order valence-corrected chi connectivity index (χ4v) is 2.89. The van der Waals surface area contributed by atoms with Gasteiger partial charge in [-0.3, -0.25) is 5.01 Å². The highest BCUT2D eigenvalue weighted by molar-refractivity contribution is 7.13. The smallest absolute Gasteiger partial charge is 0.118 e. The van der Waals surface area contributed by atoms with Crippen molar-refractivity contribution in [1.29, 1.82) is 0 Å². The molecule has 1 atom stereocenters. The van der Waals surface area contributed by atoms with Crippen LogP contribution in [0.3, 0.4) is 0 Å². The zero-order chi connectivity index (χ0) is 25.3. The van der Waals surface area contributed by atoms with Crippen molar-refractivity contribution in [3.8, 4) is 0 Å². The first-order chi connectivity index (χ1) is 15.0. The summed E-state index contributed by atoms with van der Waals surface area (Å²) in [6.45, 7) is 28.8. The van der Waals surface area contributed by atoms with Crippen molar-refractivity contribution in [2.24, 2.45) is 10.8 Å². The molecule has 1 rings (SSSR count). The number of allylic oxidation sites excluding steroid dienone is 8. The highest BCUT2D eigenvalue weighted by Crippen LogP contribution is 2.24. The minimum absolute atomic E-state index is 0.593. The van der Waals surface area contributed by atoms with Gasteiger partial charge in [-0.05, 0) is 74.6 Å². The number of hydrogen-bond acceptors (Lipinski definition) is 4. The van der Waals surface area contributed by atoms with Gasteiger partial charge in [0.25, 0.3) is 0 Å². The van der Waals surface area contributed by atoms with E-state index in [1.54, 1.807) is 18.3 Å². The third-order valence-corrected chi connectivity index (χ3v) is 5.40. The Morgan fingerprint density at radius 1 is 1.22 bits per heavy atom. The molecule has 178 valence electrons. The maximum Gasteiger partial charge on any atom is 0.118 e. The number of rotatable bonds is 10. The second kappa shape index (κ2) is 18.0. The number of thiophene rings is 1. The Morgan fingerprint density at radius 2 is 1.78 bits per heavy atom. The van der Waals surface area contributed by atoms with Gasteiger partial charge in [-0.1, -0.05) is 52.7 Å². The molecule has 1 unspecified atom stereocenters. The lowest BCUT2D eigenvalue weighted by Crippen LogP contribution is -2.09. The van der Waals surface area contributed by atoms with Crippen LogP contribution in [-0.4, -0.2) is 17.9 Å². The lowest BCUT2D eigenvalue weighted by Gasteiger charge is -2.14. The SMILES string of the molecule is C=C(C)C(C)F.C=CC(=C\C=C(\N)CC)/C(C)=C/N(Cc1ccc(C(=C)C)s1)N=C.CC. The second-order valence-electron chi connectivity index (χ2n) is 6.98. The Bertz CT molecular complexity index is 826. The largest absolute Gasteiger partial charge is 0.402 e. The molecule has 0 aliphatic heterocycles. The zero-order valence-electron chi connectivity index (χ0n) is 21.0. The summed E-state index contributed by atoms with van der Waals surface area (Å²) in [5.41, 5.74) is 10.4. The monoisotopic (exact) mass is 459 g/mol. The van der Waals surface area contributed by atoms with E-state index in [1.807, 2.05) is 64.1 Å². The fourth-order valence-electron chi connectivity index (χ4n) is 1.96. The van der Waals surface area contributed by atoms with Crippen molar-refractivity contribution >= 4 is 23.6 Å². The van der Waals surface area contributed by atoms with E-state index in [-0.39, 0.29) is 0 Å². The van der Waals surface area contributed by atoms with Crippen molar-refractivity contribution in [3.63, 3.8) is 0 Å². The van der Waals surface area contributed by atoms with E-state index in [0.717, 1.165) is 28.8 Å². The molecule has 0 radical (unpaired) electrons. The van der Waals surface area contributed by atoms with Gasteiger partial charge in [0.05, 0.1) is 6.54 Å². The van der Waals surface area contributed by atoms with Crippen LogP contribution in [0.15, 0.2) is 83.8 Å². The lowest BCUT2D eigenvalue weighted by molar-refractivity contribution is 0.397. The molecule has 2 N–H and O–H groups in total. The highest BCUT2D eigenvalue weighted by Gasteiger charge is 2.05. The predicted octanol–water partition coefficient (Wildman–Crippen LogP) is 8.41. The minimum Gasteiger partial charge on any atom is -0.402 e. The topological polar surface area (TPSA) is 41.6 Å². The van der Waals surface area contributed by atoms with Crippen LogP contribution in [0, 0.1) is 0 Å². The summed E-state index contributed by atoms with van der Waals surface area (Å²) in [6, 6.07) is 4.19. The van der Waals surface area contributed by atoms with Crippen LogP contribution in [0.1, 0.15) is 64.6 Å². The lowest BCUT2D eigenvalue weighted by atomic mass is 10.1. The molecule has 0 aliphatic rings. The van der Waals surface area contributed by atoms with E-state index >= 15 is 0 Å². The van der Waals surface area contributed by atoms with Gasteiger partial charge in [0.2, 0.25) is 0 Å². The molecule has 0 saturated heterocycles. The van der Waals surface area contributed by atoms with E-state index in [4.69, 9.17) is 5.73 Å². The number of alkyl halides is 1. The first-order valence-corrected chi connectivity index (χ1v) is 11.6. The molecule has 0 amide bonds. The number of nitrogens with zero attached hydrogens (tertiary/aromatic N) is 2. The average Bonchev–Trinajstić information content (AvgIpc) is 3.24. The summed E-state index contributed by atoms with van der Waals surface area (Å²) in [5, 5.41) is 5.92. The summed E-state index contributed by atoms with van der Waals surface area (Å²) >= 11 is 1.72. The van der Waals surface area contributed by atoms with Gasteiger partial charge in [0.15, 0.2) is 0 Å². The molecule has 3 nitrogen and oxygen atoms in total. The Labute approximate surface area is 199 Å². The molecular formula is C27H42FN3S. The highest BCUT2D eigenvalue weighted by atomic mass is 32.1. The van der Waals surface area contributed by atoms with Gasteiger partial charge in [-0.15, -0.1) is 11.3 Å². The average molecular weight is 460 g/mol. The third kappa shape index (κ3) is 13.6. The first-order valence-electron chi connectivity index (χ1n) is 10.8. The summed E-state index contributed by atoms with van der Waals surface area (Å²) in [7, 11) is 0. The van der Waals surface area contributed by atoms with E-state index in [9.17, 15) is 4.39 Å². The molecule has 5 heteroatoms. The van der Waals surface area contributed by atoms with Crippen LogP contribution >= 0.6 is 11.3 Å². The zero-order valence-corrected chi connectivity index (χ0v) is 21.9. The molecule has 1 heterocycles. The quantitative estimate of drug-likeness (QED) is 0.165. The summed E-state index contributed by atoms with van der Waals surface area (Å²) in [5.74, 6) is 0. The van der Waals surface area contributed by atoms with E-state index in [2.05, 4.69) is 43.7 Å². The van der Waals surface area contributed by atoms with Gasteiger partial charge in [0, 0.05) is 28.4 Å². The van der Waals surface area contributed by atoms with Gasteiger partial charge in [0.1, 0.15) is 6.17 Å². The van der Waals surface area contributed by atoms with Crippen LogP contribution in [0.4, 0.5) is 4.39 Å². The van der Waals surface area contributed by atoms with Crippen LogP contribution in [0.2, 0.25) is 0 Å². The first kappa shape index (κ1) is 31.5. The van der Waals surface area contributed by atoms with Gasteiger partial charge >= 0.3 is 0 Å². The number of nitrogens with two attached hydrogens (primary N) is 1. The molecule has 0 aliphatic carbocycles. The Morgan fingerprint density at radius 3 is 2.16 bits per heavy atom. The maximum absolute atomic E-state index is 11.7. The number of hydrazone groups is 1. The molecule has 0 aromatic carbocycles. The molecule has 0 fully saturated rings. The van der Waals surface area contributed by atoms with Crippen LogP contribution in [-0.2, 0) is 6.54 Å². The predicted molar refractivity (Wildman–Crippen MR) is 145 cm³/mol. The van der Waals surface area contributed by atoms with Gasteiger partial charge in [-0.2, -0.15) is 5.10 Å². The van der Waals surface area contributed by atoms with E-state index in [0.29, 0.717) is 12.1 Å². The molecule has 1 aromatic rings. The molecule has 0 spiro atoms.